The van der Waals surface area contributed by atoms with Crippen molar-refractivity contribution in [3.8, 4) is 5.75 Å². The summed E-state index contributed by atoms with van der Waals surface area (Å²) in [5, 5.41) is 0. The second-order valence-electron chi connectivity index (χ2n) is 7.97. The molecular formula is C24H29F3O. The van der Waals surface area contributed by atoms with Gasteiger partial charge in [-0.3, -0.25) is 0 Å². The lowest BCUT2D eigenvalue weighted by molar-refractivity contribution is 0.166. The van der Waals surface area contributed by atoms with E-state index < -0.39 is 17.5 Å². The molecular weight excluding hydrogens is 361 g/mol. The summed E-state index contributed by atoms with van der Waals surface area (Å²) in [6.07, 6.45) is 9.14. The molecule has 0 radical (unpaired) electrons. The molecule has 28 heavy (non-hydrogen) atoms. The van der Waals surface area contributed by atoms with Crippen LogP contribution in [-0.2, 0) is 0 Å². The van der Waals surface area contributed by atoms with Crippen LogP contribution in [0.15, 0.2) is 42.5 Å². The molecule has 2 aromatic rings. The lowest BCUT2D eigenvalue weighted by Gasteiger charge is -2.29. The molecule has 0 N–H and O–H groups in total. The highest BCUT2D eigenvalue weighted by Crippen LogP contribution is 2.36. The molecule has 1 atom stereocenters. The minimum absolute atomic E-state index is 0.0249. The number of benzene rings is 2. The van der Waals surface area contributed by atoms with E-state index in [-0.39, 0.29) is 11.9 Å². The maximum Gasteiger partial charge on any atom is 0.194 e. The highest BCUT2D eigenvalue weighted by atomic mass is 19.2. The fraction of sp³-hybridized carbons (Fsp3) is 0.500. The summed E-state index contributed by atoms with van der Waals surface area (Å²) in [5.41, 5.74) is 0.965. The van der Waals surface area contributed by atoms with Crippen molar-refractivity contribution in [3.05, 3.63) is 65.5 Å². The molecule has 2 aromatic carbocycles. The molecule has 0 bridgehead atoms. The van der Waals surface area contributed by atoms with Crippen LogP contribution >= 0.6 is 0 Å². The number of hydrogen-bond acceptors (Lipinski definition) is 1. The molecule has 152 valence electrons. The Balaban J connectivity index is 1.65. The third-order valence-corrected chi connectivity index (χ3v) is 5.91. The van der Waals surface area contributed by atoms with Gasteiger partial charge in [0, 0.05) is 12.1 Å². The van der Waals surface area contributed by atoms with Crippen molar-refractivity contribution >= 4 is 0 Å². The first-order chi connectivity index (χ1) is 13.6. The maximum absolute atomic E-state index is 13.6. The van der Waals surface area contributed by atoms with Crippen molar-refractivity contribution in [2.24, 2.45) is 11.8 Å². The monoisotopic (exact) mass is 390 g/mol. The van der Waals surface area contributed by atoms with Gasteiger partial charge in [-0.05, 0) is 30.2 Å². The average Bonchev–Trinajstić information content (AvgIpc) is 2.71. The van der Waals surface area contributed by atoms with Crippen molar-refractivity contribution in [2.45, 2.75) is 64.4 Å². The van der Waals surface area contributed by atoms with E-state index in [9.17, 15) is 13.2 Å². The van der Waals surface area contributed by atoms with Crippen molar-refractivity contribution in [2.75, 3.05) is 0 Å². The number of rotatable bonds is 8. The van der Waals surface area contributed by atoms with Crippen LogP contribution in [0.25, 0.3) is 0 Å². The summed E-state index contributed by atoms with van der Waals surface area (Å²) in [6.45, 7) is 2.25. The molecule has 0 saturated heterocycles. The van der Waals surface area contributed by atoms with E-state index in [0.717, 1.165) is 36.5 Å². The quantitative estimate of drug-likeness (QED) is 0.421. The lowest BCUT2D eigenvalue weighted by Crippen LogP contribution is -2.16. The van der Waals surface area contributed by atoms with Crippen LogP contribution in [0, 0.1) is 29.3 Å². The predicted octanol–water partition coefficient (Wildman–Crippen LogP) is 7.61. The molecule has 1 nitrogen and oxygen atoms in total. The number of halogens is 3. The molecule has 1 fully saturated rings. The number of ether oxygens (including phenoxy) is 1. The maximum atomic E-state index is 13.6. The Hall–Kier alpha value is -1.97. The first-order valence-electron chi connectivity index (χ1n) is 10.4. The van der Waals surface area contributed by atoms with Crippen molar-refractivity contribution in [1.82, 2.24) is 0 Å². The van der Waals surface area contributed by atoms with Gasteiger partial charge in [-0.25, -0.2) is 13.2 Å². The molecule has 1 aliphatic rings. The first kappa shape index (κ1) is 20.8. The zero-order valence-electron chi connectivity index (χ0n) is 16.5. The SMILES string of the molecule is CCC[C@H]1CC[C@H](CCC(Oc2cc(F)c(F)c(F)c2)c2ccccc2)CC1. The number of hydrogen-bond donors (Lipinski definition) is 0. The van der Waals surface area contributed by atoms with Gasteiger partial charge in [0.2, 0.25) is 0 Å². The summed E-state index contributed by atoms with van der Waals surface area (Å²) in [5.74, 6) is -2.35. The molecule has 0 spiro atoms. The Morgan fingerprint density at radius 1 is 0.893 bits per heavy atom. The van der Waals surface area contributed by atoms with Gasteiger partial charge in [0.15, 0.2) is 17.5 Å². The fourth-order valence-corrected chi connectivity index (χ4v) is 4.33. The van der Waals surface area contributed by atoms with Crippen LogP contribution in [0.1, 0.15) is 70.0 Å². The second kappa shape index (κ2) is 9.99. The molecule has 1 saturated carbocycles. The van der Waals surface area contributed by atoms with E-state index in [1.807, 2.05) is 30.3 Å². The van der Waals surface area contributed by atoms with E-state index in [1.54, 1.807) is 0 Å². The van der Waals surface area contributed by atoms with Gasteiger partial charge in [0.1, 0.15) is 11.9 Å². The van der Waals surface area contributed by atoms with Gasteiger partial charge in [-0.1, -0.05) is 75.8 Å². The van der Waals surface area contributed by atoms with Crippen molar-refractivity contribution in [3.63, 3.8) is 0 Å². The molecule has 3 rings (SSSR count). The van der Waals surface area contributed by atoms with E-state index in [0.29, 0.717) is 5.92 Å². The minimum Gasteiger partial charge on any atom is -0.486 e. The second-order valence-corrected chi connectivity index (χ2v) is 7.97. The Morgan fingerprint density at radius 2 is 1.46 bits per heavy atom. The summed E-state index contributed by atoms with van der Waals surface area (Å²) >= 11 is 0. The Bertz CT molecular complexity index is 716. The van der Waals surface area contributed by atoms with Crippen LogP contribution in [0.2, 0.25) is 0 Å². The molecule has 0 heterocycles. The summed E-state index contributed by atoms with van der Waals surface area (Å²) < 4.78 is 46.3. The van der Waals surface area contributed by atoms with Crippen LogP contribution in [0.5, 0.6) is 5.75 Å². The Kier molecular flexibility index (Phi) is 7.41. The summed E-state index contributed by atoms with van der Waals surface area (Å²) in [4.78, 5) is 0. The van der Waals surface area contributed by atoms with Crippen LogP contribution in [-0.4, -0.2) is 0 Å². The third-order valence-electron chi connectivity index (χ3n) is 5.91. The zero-order valence-corrected chi connectivity index (χ0v) is 16.5. The largest absolute Gasteiger partial charge is 0.486 e. The van der Waals surface area contributed by atoms with E-state index in [4.69, 9.17) is 4.74 Å². The average molecular weight is 390 g/mol. The molecule has 1 aliphatic carbocycles. The van der Waals surface area contributed by atoms with Gasteiger partial charge < -0.3 is 4.74 Å². The molecule has 1 unspecified atom stereocenters. The van der Waals surface area contributed by atoms with Crippen LogP contribution in [0.4, 0.5) is 13.2 Å². The lowest BCUT2D eigenvalue weighted by atomic mass is 9.78. The van der Waals surface area contributed by atoms with Crippen molar-refractivity contribution in [1.29, 1.82) is 0 Å². The highest BCUT2D eigenvalue weighted by Gasteiger charge is 2.23. The topological polar surface area (TPSA) is 9.23 Å². The predicted molar refractivity (Wildman–Crippen MR) is 106 cm³/mol. The molecule has 0 aliphatic heterocycles. The van der Waals surface area contributed by atoms with Gasteiger partial charge in [-0.15, -0.1) is 0 Å². The smallest absolute Gasteiger partial charge is 0.194 e. The van der Waals surface area contributed by atoms with E-state index >= 15 is 0 Å². The summed E-state index contributed by atoms with van der Waals surface area (Å²) in [7, 11) is 0. The standard InChI is InChI=1S/C24H29F3O/c1-2-6-17-9-11-18(12-10-17)13-14-23(19-7-4-3-5-8-19)28-20-15-21(25)24(27)22(26)16-20/h3-5,7-8,15-18,23H,2,6,9-14H2,1H3/t17-,18-,23?. The van der Waals surface area contributed by atoms with Crippen LogP contribution < -0.4 is 4.74 Å². The third kappa shape index (κ3) is 5.52. The molecule has 0 aromatic heterocycles. The van der Waals surface area contributed by atoms with Gasteiger partial charge in [0.05, 0.1) is 0 Å². The normalized spacial score (nSPS) is 20.7. The first-order valence-corrected chi connectivity index (χ1v) is 10.4. The Labute approximate surface area is 165 Å². The Morgan fingerprint density at radius 3 is 2.04 bits per heavy atom. The van der Waals surface area contributed by atoms with Gasteiger partial charge >= 0.3 is 0 Å². The summed E-state index contributed by atoms with van der Waals surface area (Å²) in [6, 6.07) is 11.5. The molecule has 0 amide bonds. The van der Waals surface area contributed by atoms with E-state index in [2.05, 4.69) is 6.92 Å². The fourth-order valence-electron chi connectivity index (χ4n) is 4.33. The van der Waals surface area contributed by atoms with Crippen molar-refractivity contribution < 1.29 is 17.9 Å². The minimum atomic E-state index is -1.47. The van der Waals surface area contributed by atoms with Gasteiger partial charge in [-0.2, -0.15) is 0 Å². The highest BCUT2D eigenvalue weighted by molar-refractivity contribution is 5.27. The molecule has 4 heteroatoms. The van der Waals surface area contributed by atoms with Crippen LogP contribution in [0.3, 0.4) is 0 Å². The van der Waals surface area contributed by atoms with E-state index in [1.165, 1.54) is 38.5 Å². The zero-order chi connectivity index (χ0) is 19.9. The van der Waals surface area contributed by atoms with Gasteiger partial charge in [0.25, 0.3) is 0 Å².